The Morgan fingerprint density at radius 2 is 1.63 bits per heavy atom. The van der Waals surface area contributed by atoms with Crippen molar-refractivity contribution in [1.82, 2.24) is 9.78 Å². The van der Waals surface area contributed by atoms with Crippen LogP contribution in [0.5, 0.6) is 0 Å². The van der Waals surface area contributed by atoms with Crippen molar-refractivity contribution < 1.29 is 8.42 Å². The Kier molecular flexibility index (Phi) is 5.61. The largest absolute Gasteiger partial charge is 0.279 e. The maximum Gasteiger partial charge on any atom is 0.265 e. The minimum absolute atomic E-state index is 0.115. The van der Waals surface area contributed by atoms with Crippen LogP contribution in [-0.4, -0.2) is 18.2 Å². The van der Waals surface area contributed by atoms with Gasteiger partial charge in [-0.25, -0.2) is 8.42 Å². The quantitative estimate of drug-likeness (QED) is 0.441. The van der Waals surface area contributed by atoms with Crippen molar-refractivity contribution in [2.45, 2.75) is 18.4 Å². The van der Waals surface area contributed by atoms with Crippen molar-refractivity contribution >= 4 is 27.3 Å². The monoisotopic (exact) mass is 437 g/mol. The summed E-state index contributed by atoms with van der Waals surface area (Å²) in [6.45, 7) is 2.29. The van der Waals surface area contributed by atoms with Gasteiger partial charge in [0.15, 0.2) is 0 Å². The summed E-state index contributed by atoms with van der Waals surface area (Å²) in [6, 6.07) is 24.2. The predicted octanol–water partition coefficient (Wildman–Crippen LogP) is 5.36. The average molecular weight is 438 g/mol. The molecule has 152 valence electrons. The van der Waals surface area contributed by atoms with Crippen LogP contribution in [0, 0.1) is 6.92 Å². The lowest BCUT2D eigenvalue weighted by atomic mass is 10.2. The smallest absolute Gasteiger partial charge is 0.265 e. The van der Waals surface area contributed by atoms with Crippen LogP contribution in [0.15, 0.2) is 90.0 Å². The van der Waals surface area contributed by atoms with Crippen molar-refractivity contribution in [3.05, 3.63) is 101 Å². The summed E-state index contributed by atoms with van der Waals surface area (Å²) in [5.74, 6) is 0. The third kappa shape index (κ3) is 4.40. The van der Waals surface area contributed by atoms with Crippen LogP contribution in [0.3, 0.4) is 0 Å². The summed E-state index contributed by atoms with van der Waals surface area (Å²) in [4.78, 5) is 0.115. The van der Waals surface area contributed by atoms with Gasteiger partial charge >= 0.3 is 0 Å². The molecular formula is C23H20ClN3O2S. The van der Waals surface area contributed by atoms with Gasteiger partial charge in [-0.1, -0.05) is 78.3 Å². The Balaban J connectivity index is 1.77. The summed E-state index contributed by atoms with van der Waals surface area (Å²) in [7, 11) is -3.89. The Labute approximate surface area is 181 Å². The zero-order valence-corrected chi connectivity index (χ0v) is 17.9. The van der Waals surface area contributed by atoms with Gasteiger partial charge in [0.05, 0.1) is 12.2 Å². The summed E-state index contributed by atoms with van der Waals surface area (Å²) < 4.78 is 31.0. The maximum absolute atomic E-state index is 13.3. The van der Waals surface area contributed by atoms with Gasteiger partial charge in [0.25, 0.3) is 10.0 Å². The fraction of sp³-hybridized carbons (Fsp3) is 0.0870. The van der Waals surface area contributed by atoms with Crippen LogP contribution in [0.2, 0.25) is 5.02 Å². The lowest BCUT2D eigenvalue weighted by Crippen LogP contribution is -2.14. The summed E-state index contributed by atoms with van der Waals surface area (Å²) >= 11 is 6.06. The van der Waals surface area contributed by atoms with Crippen molar-refractivity contribution in [2.75, 3.05) is 4.72 Å². The number of nitrogens with zero attached hydrogens (tertiary/aromatic N) is 2. The molecule has 1 aromatic heterocycles. The number of halogens is 1. The number of aromatic nitrogens is 2. The fourth-order valence-electron chi connectivity index (χ4n) is 3.15. The second kappa shape index (κ2) is 8.34. The molecule has 0 spiro atoms. The molecule has 4 aromatic rings. The van der Waals surface area contributed by atoms with E-state index in [-0.39, 0.29) is 4.90 Å². The highest BCUT2D eigenvalue weighted by Crippen LogP contribution is 2.29. The van der Waals surface area contributed by atoms with E-state index in [2.05, 4.69) is 9.82 Å². The van der Waals surface area contributed by atoms with Gasteiger partial charge < -0.3 is 0 Å². The second-order valence-electron chi connectivity index (χ2n) is 6.96. The number of nitrogens with one attached hydrogen (secondary N) is 1. The van der Waals surface area contributed by atoms with Crippen LogP contribution >= 0.6 is 11.6 Å². The van der Waals surface area contributed by atoms with Crippen LogP contribution in [0.25, 0.3) is 11.3 Å². The standard InChI is InChI=1S/C23H20ClN3O2S/c1-17-12-13-20(24)14-21(17)26-30(28,29)22-16-27(15-18-8-4-2-5-9-18)25-23(22)19-10-6-3-7-11-19/h2-14,16,26H,15H2,1H3. The molecule has 0 amide bonds. The molecule has 0 bridgehead atoms. The molecule has 1 heterocycles. The molecule has 3 aromatic carbocycles. The normalized spacial score (nSPS) is 11.4. The van der Waals surface area contributed by atoms with Gasteiger partial charge in [-0.2, -0.15) is 5.10 Å². The lowest BCUT2D eigenvalue weighted by Gasteiger charge is -2.11. The molecule has 0 aliphatic heterocycles. The molecular weight excluding hydrogens is 418 g/mol. The highest BCUT2D eigenvalue weighted by molar-refractivity contribution is 7.92. The van der Waals surface area contributed by atoms with E-state index in [9.17, 15) is 8.42 Å². The Bertz CT molecular complexity index is 1270. The van der Waals surface area contributed by atoms with Gasteiger partial charge in [-0.05, 0) is 30.2 Å². The van der Waals surface area contributed by atoms with E-state index in [1.165, 1.54) is 0 Å². The third-order valence-corrected chi connectivity index (χ3v) is 6.30. The van der Waals surface area contributed by atoms with E-state index in [0.717, 1.165) is 16.7 Å². The Morgan fingerprint density at radius 3 is 2.33 bits per heavy atom. The first-order valence-electron chi connectivity index (χ1n) is 9.38. The maximum atomic E-state index is 13.3. The molecule has 0 saturated carbocycles. The molecule has 0 aliphatic carbocycles. The fourth-order valence-corrected chi connectivity index (χ4v) is 4.62. The van der Waals surface area contributed by atoms with E-state index in [4.69, 9.17) is 11.6 Å². The van der Waals surface area contributed by atoms with Crippen molar-refractivity contribution in [1.29, 1.82) is 0 Å². The molecule has 1 N–H and O–H groups in total. The van der Waals surface area contributed by atoms with Gasteiger partial charge in [0.2, 0.25) is 0 Å². The molecule has 0 radical (unpaired) electrons. The zero-order valence-electron chi connectivity index (χ0n) is 16.3. The summed E-state index contributed by atoms with van der Waals surface area (Å²) in [6.07, 6.45) is 1.57. The topological polar surface area (TPSA) is 64.0 Å². The molecule has 30 heavy (non-hydrogen) atoms. The van der Waals surface area contributed by atoms with Gasteiger partial charge in [0.1, 0.15) is 10.6 Å². The highest BCUT2D eigenvalue weighted by atomic mass is 35.5. The van der Waals surface area contributed by atoms with E-state index < -0.39 is 10.0 Å². The summed E-state index contributed by atoms with van der Waals surface area (Å²) in [5.41, 5.74) is 3.38. The molecule has 0 fully saturated rings. The Morgan fingerprint density at radius 1 is 0.967 bits per heavy atom. The molecule has 7 heteroatoms. The molecule has 4 rings (SSSR count). The van der Waals surface area contributed by atoms with Gasteiger partial charge in [-0.3, -0.25) is 9.40 Å². The van der Waals surface area contributed by atoms with Crippen LogP contribution in [0.1, 0.15) is 11.1 Å². The van der Waals surface area contributed by atoms with Crippen molar-refractivity contribution in [3.8, 4) is 11.3 Å². The highest BCUT2D eigenvalue weighted by Gasteiger charge is 2.24. The first-order chi connectivity index (χ1) is 14.4. The number of sulfonamides is 1. The predicted molar refractivity (Wildman–Crippen MR) is 120 cm³/mol. The number of hydrogen-bond donors (Lipinski definition) is 1. The zero-order chi connectivity index (χ0) is 21.1. The molecule has 0 aliphatic rings. The molecule has 0 unspecified atom stereocenters. The minimum atomic E-state index is -3.89. The molecule has 0 saturated heterocycles. The minimum Gasteiger partial charge on any atom is -0.279 e. The summed E-state index contributed by atoms with van der Waals surface area (Å²) in [5, 5.41) is 5.05. The van der Waals surface area contributed by atoms with E-state index in [1.54, 1.807) is 29.1 Å². The average Bonchev–Trinajstić information content (AvgIpc) is 3.17. The van der Waals surface area contributed by atoms with E-state index >= 15 is 0 Å². The third-order valence-electron chi connectivity index (χ3n) is 4.70. The van der Waals surface area contributed by atoms with Crippen LogP contribution in [-0.2, 0) is 16.6 Å². The number of hydrogen-bond acceptors (Lipinski definition) is 3. The van der Waals surface area contributed by atoms with Crippen molar-refractivity contribution in [2.24, 2.45) is 0 Å². The number of benzene rings is 3. The number of anilines is 1. The molecule has 5 nitrogen and oxygen atoms in total. The number of rotatable bonds is 6. The van der Waals surface area contributed by atoms with Crippen molar-refractivity contribution in [3.63, 3.8) is 0 Å². The second-order valence-corrected chi connectivity index (χ2v) is 9.04. The first kappa shape index (κ1) is 20.2. The van der Waals surface area contributed by atoms with Crippen LogP contribution in [0.4, 0.5) is 5.69 Å². The lowest BCUT2D eigenvalue weighted by molar-refractivity contribution is 0.601. The van der Waals surface area contributed by atoms with Gasteiger partial charge in [-0.15, -0.1) is 0 Å². The van der Waals surface area contributed by atoms with E-state index in [0.29, 0.717) is 22.9 Å². The molecule has 0 atom stereocenters. The first-order valence-corrected chi connectivity index (χ1v) is 11.2. The van der Waals surface area contributed by atoms with E-state index in [1.807, 2.05) is 67.6 Å². The Hall–Kier alpha value is -3.09. The van der Waals surface area contributed by atoms with Gasteiger partial charge in [0, 0.05) is 16.8 Å². The number of aryl methyl sites for hydroxylation is 1. The SMILES string of the molecule is Cc1ccc(Cl)cc1NS(=O)(=O)c1cn(Cc2ccccc2)nc1-c1ccccc1. The van der Waals surface area contributed by atoms with Crippen LogP contribution < -0.4 is 4.72 Å².